The lowest BCUT2D eigenvalue weighted by Gasteiger charge is -2.25. The molecule has 3 N–H and O–H groups in total. The molecule has 0 aliphatic carbocycles. The molecular weight excluding hydrogens is 164 g/mol. The zero-order valence-corrected chi connectivity index (χ0v) is 8.55. The Morgan fingerprint density at radius 3 is 2.62 bits per heavy atom. The van der Waals surface area contributed by atoms with Gasteiger partial charge in [0.2, 0.25) is 0 Å². The number of nitrogens with one attached hydrogen (secondary N) is 1. The minimum Gasteiger partial charge on any atom is -0.446 e. The highest BCUT2D eigenvalue weighted by atomic mass is 16.4. The number of aryl methyl sites for hydroxylation is 1. The minimum absolute atomic E-state index is 0.000949. The van der Waals surface area contributed by atoms with Crippen LogP contribution in [0.5, 0.6) is 0 Å². The molecule has 1 rings (SSSR count). The first-order chi connectivity index (χ1) is 6.03. The molecule has 0 aliphatic heterocycles. The van der Waals surface area contributed by atoms with Crippen LogP contribution in [0.25, 0.3) is 0 Å². The Labute approximate surface area is 79.3 Å². The van der Waals surface area contributed by atoms with Crippen molar-refractivity contribution in [3.05, 3.63) is 17.9 Å². The van der Waals surface area contributed by atoms with Gasteiger partial charge in [-0.05, 0) is 39.8 Å². The van der Waals surface area contributed by atoms with Gasteiger partial charge < -0.3 is 15.5 Å². The highest BCUT2D eigenvalue weighted by molar-refractivity contribution is 5.34. The summed E-state index contributed by atoms with van der Waals surface area (Å²) in [6.07, 6.45) is 0.923. The topological polar surface area (TPSA) is 51.2 Å². The summed E-state index contributed by atoms with van der Waals surface area (Å²) < 4.78 is 5.41. The van der Waals surface area contributed by atoms with E-state index in [1.165, 1.54) is 0 Å². The summed E-state index contributed by atoms with van der Waals surface area (Å²) in [5, 5.41) is 3.29. The number of furan rings is 1. The van der Waals surface area contributed by atoms with Crippen LogP contribution in [0.4, 0.5) is 5.88 Å². The smallest absolute Gasteiger partial charge is 0.193 e. The molecule has 13 heavy (non-hydrogen) atoms. The lowest BCUT2D eigenvalue weighted by atomic mass is 10.0. The van der Waals surface area contributed by atoms with Crippen molar-refractivity contribution in [3.8, 4) is 0 Å². The number of rotatable bonds is 4. The Kier molecular flexibility index (Phi) is 2.98. The molecule has 0 radical (unpaired) electrons. The van der Waals surface area contributed by atoms with Crippen molar-refractivity contribution < 1.29 is 4.42 Å². The van der Waals surface area contributed by atoms with Gasteiger partial charge in [-0.1, -0.05) is 0 Å². The molecule has 3 heteroatoms. The summed E-state index contributed by atoms with van der Waals surface area (Å²) in [7, 11) is 0. The monoisotopic (exact) mass is 182 g/mol. The van der Waals surface area contributed by atoms with Crippen molar-refractivity contribution in [2.75, 3.05) is 11.9 Å². The van der Waals surface area contributed by atoms with Crippen LogP contribution in [-0.4, -0.2) is 12.1 Å². The first-order valence-corrected chi connectivity index (χ1v) is 4.58. The quantitative estimate of drug-likeness (QED) is 0.750. The van der Waals surface area contributed by atoms with Crippen LogP contribution in [0.1, 0.15) is 26.0 Å². The summed E-state index contributed by atoms with van der Waals surface area (Å²) in [5.74, 6) is 1.74. The molecule has 0 unspecified atom stereocenters. The first kappa shape index (κ1) is 10.1. The SMILES string of the molecule is Cc1ccc(NC(C)(C)CCN)o1. The van der Waals surface area contributed by atoms with Crippen LogP contribution in [0, 0.1) is 6.92 Å². The van der Waals surface area contributed by atoms with E-state index in [2.05, 4.69) is 19.2 Å². The van der Waals surface area contributed by atoms with E-state index in [1.54, 1.807) is 0 Å². The molecule has 0 aliphatic rings. The second-order valence-corrected chi connectivity index (χ2v) is 3.96. The Hall–Kier alpha value is -0.960. The number of anilines is 1. The van der Waals surface area contributed by atoms with Crippen molar-refractivity contribution >= 4 is 5.88 Å². The third-order valence-electron chi connectivity index (χ3n) is 1.97. The zero-order chi connectivity index (χ0) is 9.90. The lowest BCUT2D eigenvalue weighted by Crippen LogP contribution is -2.33. The molecule has 0 atom stereocenters. The van der Waals surface area contributed by atoms with Gasteiger partial charge in [0, 0.05) is 11.6 Å². The van der Waals surface area contributed by atoms with Gasteiger partial charge in [0.1, 0.15) is 5.76 Å². The summed E-state index contributed by atoms with van der Waals surface area (Å²) in [4.78, 5) is 0. The van der Waals surface area contributed by atoms with E-state index in [9.17, 15) is 0 Å². The van der Waals surface area contributed by atoms with Crippen LogP contribution in [0.15, 0.2) is 16.5 Å². The fraction of sp³-hybridized carbons (Fsp3) is 0.600. The lowest BCUT2D eigenvalue weighted by molar-refractivity contribution is 0.480. The number of nitrogens with two attached hydrogens (primary N) is 1. The number of hydrogen-bond donors (Lipinski definition) is 2. The van der Waals surface area contributed by atoms with Crippen molar-refractivity contribution in [2.24, 2.45) is 5.73 Å². The largest absolute Gasteiger partial charge is 0.446 e. The molecule has 0 saturated heterocycles. The average molecular weight is 182 g/mol. The summed E-state index contributed by atoms with van der Waals surface area (Å²) in [6.45, 7) is 6.83. The molecule has 1 aromatic heterocycles. The van der Waals surface area contributed by atoms with Crippen molar-refractivity contribution in [2.45, 2.75) is 32.7 Å². The maximum absolute atomic E-state index is 5.50. The van der Waals surface area contributed by atoms with Gasteiger partial charge in [0.25, 0.3) is 0 Å². The Morgan fingerprint density at radius 2 is 2.15 bits per heavy atom. The third-order valence-corrected chi connectivity index (χ3v) is 1.97. The predicted octanol–water partition coefficient (Wildman–Crippen LogP) is 2.13. The van der Waals surface area contributed by atoms with Gasteiger partial charge in [-0.25, -0.2) is 0 Å². The minimum atomic E-state index is -0.000949. The summed E-state index contributed by atoms with van der Waals surface area (Å²) in [6, 6.07) is 3.88. The first-order valence-electron chi connectivity index (χ1n) is 4.58. The van der Waals surface area contributed by atoms with E-state index in [0.717, 1.165) is 18.1 Å². The van der Waals surface area contributed by atoms with Gasteiger partial charge in [0.05, 0.1) is 0 Å². The summed E-state index contributed by atoms with van der Waals surface area (Å²) in [5.41, 5.74) is 5.50. The van der Waals surface area contributed by atoms with E-state index in [-0.39, 0.29) is 5.54 Å². The molecule has 0 saturated carbocycles. The second kappa shape index (κ2) is 3.83. The van der Waals surface area contributed by atoms with Gasteiger partial charge in [-0.3, -0.25) is 0 Å². The Bertz CT molecular complexity index is 266. The molecule has 3 nitrogen and oxygen atoms in total. The van der Waals surface area contributed by atoms with E-state index in [4.69, 9.17) is 10.2 Å². The molecule has 1 aromatic rings. The normalized spacial score (nSPS) is 11.7. The molecule has 0 fully saturated rings. The number of hydrogen-bond acceptors (Lipinski definition) is 3. The highest BCUT2D eigenvalue weighted by Gasteiger charge is 2.17. The van der Waals surface area contributed by atoms with Crippen LogP contribution in [0.3, 0.4) is 0 Å². The van der Waals surface area contributed by atoms with E-state index in [1.807, 2.05) is 19.1 Å². The molecule has 74 valence electrons. The third kappa shape index (κ3) is 3.11. The molecule has 0 bridgehead atoms. The second-order valence-electron chi connectivity index (χ2n) is 3.96. The molecular formula is C10H18N2O. The maximum atomic E-state index is 5.50. The van der Waals surface area contributed by atoms with E-state index < -0.39 is 0 Å². The highest BCUT2D eigenvalue weighted by Crippen LogP contribution is 2.19. The maximum Gasteiger partial charge on any atom is 0.193 e. The molecule has 0 spiro atoms. The van der Waals surface area contributed by atoms with Gasteiger partial charge in [-0.15, -0.1) is 0 Å². The Balaban J connectivity index is 2.57. The van der Waals surface area contributed by atoms with Crippen molar-refractivity contribution in [3.63, 3.8) is 0 Å². The van der Waals surface area contributed by atoms with Crippen LogP contribution < -0.4 is 11.1 Å². The Morgan fingerprint density at radius 1 is 1.46 bits per heavy atom. The zero-order valence-electron chi connectivity index (χ0n) is 8.55. The van der Waals surface area contributed by atoms with Crippen LogP contribution >= 0.6 is 0 Å². The average Bonchev–Trinajstić information content (AvgIpc) is 2.34. The van der Waals surface area contributed by atoms with Gasteiger partial charge >= 0.3 is 0 Å². The van der Waals surface area contributed by atoms with Crippen molar-refractivity contribution in [1.29, 1.82) is 0 Å². The fourth-order valence-electron chi connectivity index (χ4n) is 1.26. The van der Waals surface area contributed by atoms with Gasteiger partial charge in [0.15, 0.2) is 5.88 Å². The molecule has 0 amide bonds. The summed E-state index contributed by atoms with van der Waals surface area (Å²) >= 11 is 0. The van der Waals surface area contributed by atoms with Crippen LogP contribution in [-0.2, 0) is 0 Å². The fourth-order valence-corrected chi connectivity index (χ4v) is 1.26. The van der Waals surface area contributed by atoms with E-state index >= 15 is 0 Å². The van der Waals surface area contributed by atoms with Crippen LogP contribution in [0.2, 0.25) is 0 Å². The van der Waals surface area contributed by atoms with Crippen molar-refractivity contribution in [1.82, 2.24) is 0 Å². The van der Waals surface area contributed by atoms with E-state index in [0.29, 0.717) is 6.54 Å². The molecule has 1 heterocycles. The standard InChI is InChI=1S/C10H18N2O/c1-8-4-5-9(13-8)12-10(2,3)6-7-11/h4-5,12H,6-7,11H2,1-3H3. The molecule has 0 aromatic carbocycles. The predicted molar refractivity (Wildman–Crippen MR) is 54.8 cm³/mol. The van der Waals surface area contributed by atoms with Gasteiger partial charge in [-0.2, -0.15) is 0 Å².